The van der Waals surface area contributed by atoms with E-state index in [1.165, 1.54) is 0 Å². The Morgan fingerprint density at radius 3 is 2.62 bits per heavy atom. The minimum absolute atomic E-state index is 0.632. The number of benzene rings is 2. The van der Waals surface area contributed by atoms with Gasteiger partial charge in [0.05, 0.1) is 6.61 Å². The van der Waals surface area contributed by atoms with E-state index in [0.29, 0.717) is 28.9 Å². The van der Waals surface area contributed by atoms with Crippen LogP contribution in [-0.2, 0) is 11.3 Å². The van der Waals surface area contributed by atoms with E-state index in [1.54, 1.807) is 25.3 Å². The van der Waals surface area contributed by atoms with Crippen molar-refractivity contribution in [2.45, 2.75) is 6.54 Å². The molecule has 1 N–H and O–H groups in total. The maximum absolute atomic E-state index is 6.05. The van der Waals surface area contributed by atoms with Crippen molar-refractivity contribution in [2.75, 3.05) is 20.3 Å². The zero-order chi connectivity index (χ0) is 15.1. The molecule has 2 rings (SSSR count). The minimum atomic E-state index is 0.632. The number of hydrogen-bond donors (Lipinski definition) is 1. The van der Waals surface area contributed by atoms with Crippen molar-refractivity contribution in [3.05, 3.63) is 58.1 Å². The van der Waals surface area contributed by atoms with Gasteiger partial charge in [0.25, 0.3) is 0 Å². The zero-order valence-corrected chi connectivity index (χ0v) is 13.2. The lowest BCUT2D eigenvalue weighted by Crippen LogP contribution is -2.18. The highest BCUT2D eigenvalue weighted by atomic mass is 35.5. The molecule has 0 unspecified atom stereocenters. The molecule has 0 saturated carbocycles. The van der Waals surface area contributed by atoms with Crippen molar-refractivity contribution in [1.82, 2.24) is 5.32 Å². The molecule has 2 aromatic carbocycles. The molecule has 0 saturated heterocycles. The lowest BCUT2D eigenvalue weighted by atomic mass is 10.2. The summed E-state index contributed by atoms with van der Waals surface area (Å²) in [7, 11) is 1.68. The van der Waals surface area contributed by atoms with E-state index in [2.05, 4.69) is 5.32 Å². The van der Waals surface area contributed by atoms with E-state index >= 15 is 0 Å². The van der Waals surface area contributed by atoms with Crippen molar-refractivity contribution in [1.29, 1.82) is 0 Å². The fourth-order valence-corrected chi connectivity index (χ4v) is 2.17. The standard InChI is InChI=1S/C16H17Cl2NO2/c1-20-8-7-19-11-12-5-6-14(18)10-16(12)21-15-4-2-3-13(17)9-15/h2-6,9-10,19H,7-8,11H2,1H3. The third kappa shape index (κ3) is 5.21. The van der Waals surface area contributed by atoms with Crippen LogP contribution in [0.2, 0.25) is 10.0 Å². The number of halogens is 2. The Kier molecular flexibility index (Phi) is 6.33. The van der Waals surface area contributed by atoms with Crippen LogP contribution in [0.15, 0.2) is 42.5 Å². The molecule has 0 aliphatic carbocycles. The molecule has 0 amide bonds. The molecule has 0 atom stereocenters. The minimum Gasteiger partial charge on any atom is -0.457 e. The average molecular weight is 326 g/mol. The molecular weight excluding hydrogens is 309 g/mol. The lowest BCUT2D eigenvalue weighted by Gasteiger charge is -2.12. The monoisotopic (exact) mass is 325 g/mol. The zero-order valence-electron chi connectivity index (χ0n) is 11.7. The molecule has 3 nitrogen and oxygen atoms in total. The molecule has 0 aromatic heterocycles. The summed E-state index contributed by atoms with van der Waals surface area (Å²) in [6, 6.07) is 12.9. The van der Waals surface area contributed by atoms with E-state index in [4.69, 9.17) is 32.7 Å². The maximum atomic E-state index is 6.05. The molecule has 21 heavy (non-hydrogen) atoms. The average Bonchev–Trinajstić information content (AvgIpc) is 2.45. The number of rotatable bonds is 7. The van der Waals surface area contributed by atoms with Gasteiger partial charge in [0.1, 0.15) is 11.5 Å². The second-order valence-corrected chi connectivity index (χ2v) is 5.35. The van der Waals surface area contributed by atoms with Gasteiger partial charge in [0, 0.05) is 35.8 Å². The largest absolute Gasteiger partial charge is 0.457 e. The number of ether oxygens (including phenoxy) is 2. The van der Waals surface area contributed by atoms with Crippen molar-refractivity contribution < 1.29 is 9.47 Å². The summed E-state index contributed by atoms with van der Waals surface area (Å²) >= 11 is 12.0. The van der Waals surface area contributed by atoms with Crippen LogP contribution in [-0.4, -0.2) is 20.3 Å². The van der Waals surface area contributed by atoms with Gasteiger partial charge in [0.2, 0.25) is 0 Å². The van der Waals surface area contributed by atoms with E-state index in [-0.39, 0.29) is 0 Å². The van der Waals surface area contributed by atoms with Crippen LogP contribution < -0.4 is 10.1 Å². The molecular formula is C16H17Cl2NO2. The van der Waals surface area contributed by atoms with Crippen molar-refractivity contribution in [2.24, 2.45) is 0 Å². The van der Waals surface area contributed by atoms with Crippen LogP contribution in [0.3, 0.4) is 0 Å². The smallest absolute Gasteiger partial charge is 0.133 e. The van der Waals surface area contributed by atoms with E-state index in [0.717, 1.165) is 17.9 Å². The predicted octanol–water partition coefficient (Wildman–Crippen LogP) is 4.52. The lowest BCUT2D eigenvalue weighted by molar-refractivity contribution is 0.199. The van der Waals surface area contributed by atoms with E-state index in [9.17, 15) is 0 Å². The van der Waals surface area contributed by atoms with Crippen molar-refractivity contribution in [3.8, 4) is 11.5 Å². The summed E-state index contributed by atoms with van der Waals surface area (Å²) in [6.45, 7) is 2.12. The Morgan fingerprint density at radius 1 is 1.05 bits per heavy atom. The topological polar surface area (TPSA) is 30.5 Å². The molecule has 5 heteroatoms. The Labute approximate surface area is 134 Å². The quantitative estimate of drug-likeness (QED) is 0.759. The Morgan fingerprint density at radius 2 is 1.86 bits per heavy atom. The van der Waals surface area contributed by atoms with Gasteiger partial charge in [-0.15, -0.1) is 0 Å². The highest BCUT2D eigenvalue weighted by molar-refractivity contribution is 6.31. The summed E-state index contributed by atoms with van der Waals surface area (Å²) in [5.74, 6) is 1.40. The Hall–Kier alpha value is -1.26. The second-order valence-electron chi connectivity index (χ2n) is 4.48. The fraction of sp³-hybridized carbons (Fsp3) is 0.250. The van der Waals surface area contributed by atoms with Crippen LogP contribution in [0.25, 0.3) is 0 Å². The predicted molar refractivity (Wildman–Crippen MR) is 86.6 cm³/mol. The summed E-state index contributed by atoms with van der Waals surface area (Å²) in [6.07, 6.45) is 0. The normalized spacial score (nSPS) is 10.6. The van der Waals surface area contributed by atoms with Gasteiger partial charge in [-0.05, 0) is 30.3 Å². The first-order valence-electron chi connectivity index (χ1n) is 6.60. The molecule has 0 spiro atoms. The Bertz CT molecular complexity index is 590. The first-order valence-corrected chi connectivity index (χ1v) is 7.36. The third-order valence-electron chi connectivity index (χ3n) is 2.85. The van der Waals surface area contributed by atoms with Gasteiger partial charge >= 0.3 is 0 Å². The van der Waals surface area contributed by atoms with Crippen LogP contribution >= 0.6 is 23.2 Å². The number of hydrogen-bond acceptors (Lipinski definition) is 3. The summed E-state index contributed by atoms with van der Waals surface area (Å²) in [5.41, 5.74) is 1.02. The molecule has 0 aliphatic heterocycles. The SMILES string of the molecule is COCCNCc1ccc(Cl)cc1Oc1cccc(Cl)c1. The van der Waals surface area contributed by atoms with Gasteiger partial charge < -0.3 is 14.8 Å². The molecule has 112 valence electrons. The highest BCUT2D eigenvalue weighted by Gasteiger charge is 2.06. The number of methoxy groups -OCH3 is 1. The van der Waals surface area contributed by atoms with E-state index in [1.807, 2.05) is 24.3 Å². The molecule has 0 bridgehead atoms. The third-order valence-corrected chi connectivity index (χ3v) is 3.32. The van der Waals surface area contributed by atoms with Gasteiger partial charge in [0.15, 0.2) is 0 Å². The van der Waals surface area contributed by atoms with Crippen LogP contribution in [0.5, 0.6) is 11.5 Å². The molecule has 0 radical (unpaired) electrons. The van der Waals surface area contributed by atoms with Gasteiger partial charge in [-0.25, -0.2) is 0 Å². The summed E-state index contributed by atoms with van der Waals surface area (Å²) < 4.78 is 10.9. The highest BCUT2D eigenvalue weighted by Crippen LogP contribution is 2.29. The molecule has 2 aromatic rings. The molecule has 0 fully saturated rings. The van der Waals surface area contributed by atoms with Crippen molar-refractivity contribution >= 4 is 23.2 Å². The Balaban J connectivity index is 2.11. The molecule has 0 heterocycles. The van der Waals surface area contributed by atoms with Crippen LogP contribution in [0.1, 0.15) is 5.56 Å². The second kappa shape index (κ2) is 8.25. The maximum Gasteiger partial charge on any atom is 0.133 e. The van der Waals surface area contributed by atoms with Crippen LogP contribution in [0, 0.1) is 0 Å². The van der Waals surface area contributed by atoms with E-state index < -0.39 is 0 Å². The summed E-state index contributed by atoms with van der Waals surface area (Å²) in [4.78, 5) is 0. The van der Waals surface area contributed by atoms with Gasteiger partial charge in [-0.3, -0.25) is 0 Å². The molecule has 0 aliphatic rings. The first-order chi connectivity index (χ1) is 10.2. The van der Waals surface area contributed by atoms with Gasteiger partial charge in [-0.2, -0.15) is 0 Å². The van der Waals surface area contributed by atoms with Crippen molar-refractivity contribution in [3.63, 3.8) is 0 Å². The van der Waals surface area contributed by atoms with Crippen LogP contribution in [0.4, 0.5) is 0 Å². The fourth-order valence-electron chi connectivity index (χ4n) is 1.82. The number of nitrogens with one attached hydrogen (secondary N) is 1. The summed E-state index contributed by atoms with van der Waals surface area (Å²) in [5, 5.41) is 4.55. The van der Waals surface area contributed by atoms with Gasteiger partial charge in [-0.1, -0.05) is 35.3 Å². The first kappa shape index (κ1) is 16.1.